The zero-order valence-electron chi connectivity index (χ0n) is 21.9. The van der Waals surface area contributed by atoms with Gasteiger partial charge in [-0.25, -0.2) is 14.4 Å². The molecule has 1 amide bonds. The van der Waals surface area contributed by atoms with Gasteiger partial charge in [-0.2, -0.15) is 16.8 Å². The molecule has 13 nitrogen and oxygen atoms in total. The number of unbranched alkanes of at least 4 members (excludes halogenated alkanes) is 1. The molecule has 218 valence electrons. The fraction of sp³-hybridized carbons (Fsp3) is 0.391. The van der Waals surface area contributed by atoms with Crippen LogP contribution in [0.4, 0.5) is 4.39 Å². The summed E-state index contributed by atoms with van der Waals surface area (Å²) in [5, 5.41) is -0.422. The smallest absolute Gasteiger partial charge is 0.307 e. The Morgan fingerprint density at radius 3 is 2.45 bits per heavy atom. The van der Waals surface area contributed by atoms with Crippen molar-refractivity contribution in [2.24, 2.45) is 0 Å². The van der Waals surface area contributed by atoms with Crippen molar-refractivity contribution in [2.45, 2.75) is 19.4 Å². The lowest BCUT2D eigenvalue weighted by atomic mass is 10.1. The van der Waals surface area contributed by atoms with Gasteiger partial charge in [-0.3, -0.25) is 18.3 Å². The van der Waals surface area contributed by atoms with E-state index < -0.39 is 43.4 Å². The largest absolute Gasteiger partial charge is 0.490 e. The maximum absolute atomic E-state index is 13.6. The Labute approximate surface area is 234 Å². The maximum Gasteiger partial charge on any atom is 0.307 e. The fourth-order valence-electron chi connectivity index (χ4n) is 3.62. The first-order valence-corrected chi connectivity index (χ1v) is 15.5. The van der Waals surface area contributed by atoms with E-state index in [1.165, 1.54) is 24.1 Å². The Kier molecular flexibility index (Phi) is 9.71. The lowest BCUT2D eigenvalue weighted by Gasteiger charge is -2.19. The molecule has 0 bridgehead atoms. The molecule has 40 heavy (non-hydrogen) atoms. The van der Waals surface area contributed by atoms with Gasteiger partial charge in [0, 0.05) is 13.6 Å². The number of nitrogens with zero attached hydrogens (tertiary/aromatic N) is 4. The number of amides is 1. The average Bonchev–Trinajstić information content (AvgIpc) is 2.85. The molecular weight excluding hydrogens is 595 g/mol. The zero-order valence-corrected chi connectivity index (χ0v) is 24.3. The molecule has 0 radical (unpaired) electrons. The standard InChI is InChI=1S/C23H26ClFN4O9S2/c1-28(9-5-6-10-37-39(3,32)33)23(31)19-18-17(20(36-2)21(27-19)38-40(4,34)35)22(30)29(13-26-18)12-14-7-8-16(25)15(24)11-14/h7-8,11,13H,5-6,9-10,12H2,1-4H3. The van der Waals surface area contributed by atoms with Crippen LogP contribution in [0.3, 0.4) is 0 Å². The van der Waals surface area contributed by atoms with Crippen LogP contribution in [-0.2, 0) is 31.0 Å². The number of benzene rings is 1. The summed E-state index contributed by atoms with van der Waals surface area (Å²) in [5.74, 6) is -2.36. The minimum absolute atomic E-state index is 0.0721. The minimum Gasteiger partial charge on any atom is -0.490 e. The first-order chi connectivity index (χ1) is 18.6. The van der Waals surface area contributed by atoms with Crippen molar-refractivity contribution >= 4 is 48.6 Å². The number of aromatic nitrogens is 3. The van der Waals surface area contributed by atoms with Gasteiger partial charge < -0.3 is 13.8 Å². The second-order valence-electron chi connectivity index (χ2n) is 8.70. The summed E-state index contributed by atoms with van der Waals surface area (Å²) in [6, 6.07) is 3.89. The first kappa shape index (κ1) is 31.2. The zero-order chi connectivity index (χ0) is 29.8. The van der Waals surface area contributed by atoms with E-state index in [2.05, 4.69) is 14.2 Å². The highest BCUT2D eigenvalue weighted by atomic mass is 35.5. The molecule has 0 fully saturated rings. The number of pyridine rings is 1. The van der Waals surface area contributed by atoms with E-state index >= 15 is 0 Å². The van der Waals surface area contributed by atoms with Crippen molar-refractivity contribution in [1.29, 1.82) is 0 Å². The van der Waals surface area contributed by atoms with E-state index in [0.717, 1.165) is 36.6 Å². The molecule has 1 aromatic carbocycles. The Morgan fingerprint density at radius 2 is 1.85 bits per heavy atom. The fourth-order valence-corrected chi connectivity index (χ4v) is 4.64. The SMILES string of the molecule is COc1c(OS(C)(=O)=O)nc(C(=O)N(C)CCCCOS(C)(=O)=O)c2ncn(Cc3ccc(F)c(Cl)c3)c(=O)c12. The van der Waals surface area contributed by atoms with Crippen LogP contribution >= 0.6 is 11.6 Å². The summed E-state index contributed by atoms with van der Waals surface area (Å²) in [7, 11) is -5.16. The van der Waals surface area contributed by atoms with E-state index in [9.17, 15) is 30.8 Å². The summed E-state index contributed by atoms with van der Waals surface area (Å²) in [6.45, 7) is -0.0165. The van der Waals surface area contributed by atoms with Crippen molar-refractivity contribution in [2.75, 3.05) is 39.8 Å². The van der Waals surface area contributed by atoms with Gasteiger partial charge in [-0.1, -0.05) is 17.7 Å². The van der Waals surface area contributed by atoms with Crippen molar-refractivity contribution in [3.63, 3.8) is 0 Å². The number of halogens is 2. The van der Waals surface area contributed by atoms with Crippen LogP contribution in [-0.4, -0.2) is 82.0 Å². The average molecular weight is 621 g/mol. The van der Waals surface area contributed by atoms with Crippen LogP contribution in [0.2, 0.25) is 5.02 Å². The summed E-state index contributed by atoms with van der Waals surface area (Å²) in [5.41, 5.74) is -0.810. The molecule has 0 aliphatic rings. The number of hydrogen-bond donors (Lipinski definition) is 0. The number of methoxy groups -OCH3 is 1. The van der Waals surface area contributed by atoms with E-state index in [4.69, 9.17) is 20.5 Å². The summed E-state index contributed by atoms with van der Waals surface area (Å²) in [4.78, 5) is 36.4. The Bertz CT molecular complexity index is 1710. The van der Waals surface area contributed by atoms with Crippen LogP contribution in [0.25, 0.3) is 10.9 Å². The molecule has 0 saturated heterocycles. The quantitative estimate of drug-likeness (QED) is 0.214. The maximum atomic E-state index is 13.6. The van der Waals surface area contributed by atoms with Gasteiger partial charge in [0.25, 0.3) is 27.5 Å². The highest BCUT2D eigenvalue weighted by Gasteiger charge is 2.28. The number of hydrogen-bond acceptors (Lipinski definition) is 11. The van der Waals surface area contributed by atoms with Crippen LogP contribution in [0.5, 0.6) is 11.6 Å². The molecule has 2 heterocycles. The molecule has 3 rings (SSSR count). The molecule has 0 aliphatic heterocycles. The molecule has 0 N–H and O–H groups in total. The number of carbonyl (C=O) groups excluding carboxylic acids is 1. The molecule has 2 aromatic heterocycles. The normalized spacial score (nSPS) is 11.9. The van der Waals surface area contributed by atoms with Gasteiger partial charge in [0.2, 0.25) is 0 Å². The lowest BCUT2D eigenvalue weighted by Crippen LogP contribution is -2.30. The molecule has 3 aromatic rings. The molecule has 17 heteroatoms. The molecule has 0 spiro atoms. The Morgan fingerprint density at radius 1 is 1.15 bits per heavy atom. The monoisotopic (exact) mass is 620 g/mol. The van der Waals surface area contributed by atoms with Gasteiger partial charge in [-0.05, 0) is 30.5 Å². The van der Waals surface area contributed by atoms with Crippen molar-refractivity contribution in [1.82, 2.24) is 19.4 Å². The third-order valence-corrected chi connectivity index (χ3v) is 6.75. The molecular formula is C23H26ClFN4O9S2. The Balaban J connectivity index is 2.06. The predicted octanol–water partition coefficient (Wildman–Crippen LogP) is 1.81. The van der Waals surface area contributed by atoms with E-state index in [1.807, 2.05) is 0 Å². The van der Waals surface area contributed by atoms with Crippen molar-refractivity contribution in [3.8, 4) is 11.6 Å². The van der Waals surface area contributed by atoms with Gasteiger partial charge in [0.15, 0.2) is 11.4 Å². The van der Waals surface area contributed by atoms with Crippen molar-refractivity contribution in [3.05, 3.63) is 57.0 Å². The van der Waals surface area contributed by atoms with E-state index in [0.29, 0.717) is 18.4 Å². The predicted molar refractivity (Wildman–Crippen MR) is 143 cm³/mol. The van der Waals surface area contributed by atoms with Gasteiger partial charge >= 0.3 is 10.1 Å². The highest BCUT2D eigenvalue weighted by Crippen LogP contribution is 2.34. The second kappa shape index (κ2) is 12.4. The van der Waals surface area contributed by atoms with Crippen LogP contribution in [0, 0.1) is 5.82 Å². The van der Waals surface area contributed by atoms with Crippen LogP contribution in [0.1, 0.15) is 28.9 Å². The number of rotatable bonds is 12. The van der Waals surface area contributed by atoms with Crippen molar-refractivity contribution < 1.29 is 39.1 Å². The van der Waals surface area contributed by atoms with Gasteiger partial charge in [-0.15, -0.1) is 0 Å². The van der Waals surface area contributed by atoms with E-state index in [-0.39, 0.29) is 47.1 Å². The second-order valence-corrected chi connectivity index (χ2v) is 12.3. The third kappa shape index (κ3) is 7.87. The number of carbonyl (C=O) groups is 1. The minimum atomic E-state index is -4.16. The van der Waals surface area contributed by atoms with Crippen LogP contribution in [0.15, 0.2) is 29.3 Å². The lowest BCUT2D eigenvalue weighted by molar-refractivity contribution is 0.0786. The van der Waals surface area contributed by atoms with Gasteiger partial charge in [0.05, 0.1) is 44.1 Å². The molecule has 0 atom stereocenters. The molecule has 0 unspecified atom stereocenters. The summed E-state index contributed by atoms with van der Waals surface area (Å²) in [6.07, 6.45) is 3.51. The topological polar surface area (TPSA) is 164 Å². The highest BCUT2D eigenvalue weighted by molar-refractivity contribution is 7.86. The molecule has 0 aliphatic carbocycles. The van der Waals surface area contributed by atoms with Crippen LogP contribution < -0.4 is 14.5 Å². The van der Waals surface area contributed by atoms with Gasteiger partial charge in [0.1, 0.15) is 16.7 Å². The summed E-state index contributed by atoms with van der Waals surface area (Å²) < 4.78 is 75.7. The number of ether oxygens (including phenoxy) is 1. The van der Waals surface area contributed by atoms with E-state index in [1.54, 1.807) is 0 Å². The third-order valence-electron chi connectivity index (χ3n) is 5.40. The number of fused-ring (bicyclic) bond motifs is 1. The Hall–Kier alpha value is -3.34. The summed E-state index contributed by atoms with van der Waals surface area (Å²) >= 11 is 5.85. The first-order valence-electron chi connectivity index (χ1n) is 11.5. The molecule has 0 saturated carbocycles.